The average Bonchev–Trinajstić information content (AvgIpc) is 3.52. The van der Waals surface area contributed by atoms with Crippen molar-refractivity contribution in [2.45, 2.75) is 31.8 Å². The predicted octanol–water partition coefficient (Wildman–Crippen LogP) is 4.12. The molecule has 1 N–H and O–H groups in total. The Morgan fingerprint density at radius 1 is 1.16 bits per heavy atom. The molecule has 1 saturated heterocycles. The summed E-state index contributed by atoms with van der Waals surface area (Å²) >= 11 is 1.70. The predicted molar refractivity (Wildman–Crippen MR) is 115 cm³/mol. The van der Waals surface area contributed by atoms with E-state index >= 15 is 0 Å². The first-order valence-electron chi connectivity index (χ1n) is 10.4. The van der Waals surface area contributed by atoms with Crippen molar-refractivity contribution in [2.75, 3.05) is 18.0 Å². The van der Waals surface area contributed by atoms with Gasteiger partial charge in [0.15, 0.2) is 5.65 Å². The van der Waals surface area contributed by atoms with Crippen molar-refractivity contribution >= 4 is 22.8 Å². The first kappa shape index (κ1) is 18.8. The summed E-state index contributed by atoms with van der Waals surface area (Å²) in [7, 11) is 0. The zero-order chi connectivity index (χ0) is 20.9. The molecule has 31 heavy (non-hydrogen) atoms. The lowest BCUT2D eigenvalue weighted by Crippen LogP contribution is -2.24. The van der Waals surface area contributed by atoms with Crippen LogP contribution in [-0.2, 0) is 13.0 Å². The molecular formula is C22H20F2N6S. The zero-order valence-corrected chi connectivity index (χ0v) is 17.5. The van der Waals surface area contributed by atoms with E-state index in [9.17, 15) is 8.78 Å². The third kappa shape index (κ3) is 3.19. The molecule has 6 rings (SSSR count). The number of anilines is 1. The van der Waals surface area contributed by atoms with Crippen molar-refractivity contribution in [3.63, 3.8) is 0 Å². The van der Waals surface area contributed by atoms with Crippen LogP contribution in [-0.4, -0.2) is 32.7 Å². The van der Waals surface area contributed by atoms with Gasteiger partial charge in [-0.05, 0) is 43.5 Å². The quantitative estimate of drug-likeness (QED) is 0.522. The minimum Gasteiger partial charge on any atom is -0.349 e. The molecule has 2 aliphatic rings. The van der Waals surface area contributed by atoms with Crippen molar-refractivity contribution < 1.29 is 8.78 Å². The van der Waals surface area contributed by atoms with Gasteiger partial charge in [-0.1, -0.05) is 0 Å². The Labute approximate surface area is 181 Å². The first-order chi connectivity index (χ1) is 15.2. The maximum atomic E-state index is 14.5. The van der Waals surface area contributed by atoms with Crippen LogP contribution in [0.1, 0.15) is 35.0 Å². The highest BCUT2D eigenvalue weighted by molar-refractivity contribution is 7.15. The molecule has 2 aliphatic heterocycles. The standard InChI is InChI=1S/C22H20F2N6S/c23-13-3-4-16(24)14(10-13)18-2-1-8-29(18)20-6-9-30-21(28-20)15(11-26-30)22-27-17-12-25-7-5-19(17)31-22/h3-4,6,9-11,18,25H,1-2,5,7-8,12H2. The van der Waals surface area contributed by atoms with Crippen LogP contribution in [0.3, 0.4) is 0 Å². The molecule has 0 saturated carbocycles. The molecule has 0 aliphatic carbocycles. The molecule has 1 aromatic carbocycles. The van der Waals surface area contributed by atoms with E-state index in [0.29, 0.717) is 5.56 Å². The summed E-state index contributed by atoms with van der Waals surface area (Å²) in [6.07, 6.45) is 6.31. The topological polar surface area (TPSA) is 58.4 Å². The Morgan fingerprint density at radius 3 is 3.00 bits per heavy atom. The number of aromatic nitrogens is 4. The number of nitrogens with one attached hydrogen (secondary N) is 1. The van der Waals surface area contributed by atoms with Gasteiger partial charge in [0.05, 0.1) is 23.5 Å². The van der Waals surface area contributed by atoms with E-state index < -0.39 is 5.82 Å². The number of nitrogens with zero attached hydrogens (tertiary/aromatic N) is 5. The Bertz CT molecular complexity index is 1260. The lowest BCUT2D eigenvalue weighted by Gasteiger charge is -2.26. The summed E-state index contributed by atoms with van der Waals surface area (Å²) in [6, 6.07) is 5.30. The van der Waals surface area contributed by atoms with Crippen molar-refractivity contribution in [3.05, 3.63) is 64.4 Å². The third-order valence-electron chi connectivity index (χ3n) is 6.05. The second-order valence-corrected chi connectivity index (χ2v) is 9.03. The van der Waals surface area contributed by atoms with Crippen molar-refractivity contribution in [3.8, 4) is 10.6 Å². The van der Waals surface area contributed by atoms with Gasteiger partial charge in [-0.2, -0.15) is 5.10 Å². The number of rotatable bonds is 3. The lowest BCUT2D eigenvalue weighted by molar-refractivity contribution is 0.560. The van der Waals surface area contributed by atoms with E-state index in [1.165, 1.54) is 17.0 Å². The Morgan fingerprint density at radius 2 is 2.10 bits per heavy atom. The van der Waals surface area contributed by atoms with E-state index in [1.54, 1.807) is 22.0 Å². The Balaban J connectivity index is 1.40. The maximum Gasteiger partial charge on any atom is 0.167 e. The molecule has 0 radical (unpaired) electrons. The number of halogens is 2. The molecule has 0 bridgehead atoms. The Kier molecular flexibility index (Phi) is 4.46. The van der Waals surface area contributed by atoms with E-state index in [2.05, 4.69) is 15.3 Å². The van der Waals surface area contributed by atoms with E-state index in [1.807, 2.05) is 12.3 Å². The largest absolute Gasteiger partial charge is 0.349 e. The van der Waals surface area contributed by atoms with Gasteiger partial charge in [0, 0.05) is 36.3 Å². The monoisotopic (exact) mass is 438 g/mol. The summed E-state index contributed by atoms with van der Waals surface area (Å²) in [5.41, 5.74) is 3.10. The van der Waals surface area contributed by atoms with Crippen LogP contribution >= 0.6 is 11.3 Å². The SMILES string of the molecule is Fc1ccc(F)c(C2CCCN2c2ccn3ncc(-c4nc5c(s4)CCNC5)c3n2)c1. The highest BCUT2D eigenvalue weighted by Gasteiger charge is 2.30. The Hall–Kier alpha value is -2.91. The number of hydrogen-bond acceptors (Lipinski definition) is 6. The fourth-order valence-electron chi connectivity index (χ4n) is 4.55. The summed E-state index contributed by atoms with van der Waals surface area (Å²) in [5.74, 6) is -0.0678. The molecule has 9 heteroatoms. The van der Waals surface area contributed by atoms with E-state index in [4.69, 9.17) is 9.97 Å². The zero-order valence-electron chi connectivity index (χ0n) is 16.7. The van der Waals surface area contributed by atoms with E-state index in [0.717, 1.165) is 72.7 Å². The maximum absolute atomic E-state index is 14.5. The van der Waals surface area contributed by atoms with Gasteiger partial charge in [-0.3, -0.25) is 0 Å². The normalized spacial score (nSPS) is 18.6. The van der Waals surface area contributed by atoms with Crippen LogP contribution in [0.5, 0.6) is 0 Å². The molecule has 158 valence electrons. The van der Waals surface area contributed by atoms with Crippen LogP contribution in [0.25, 0.3) is 16.2 Å². The summed E-state index contributed by atoms with van der Waals surface area (Å²) in [4.78, 5) is 13.1. The van der Waals surface area contributed by atoms with Crippen LogP contribution in [0.15, 0.2) is 36.7 Å². The van der Waals surface area contributed by atoms with Crippen LogP contribution in [0.2, 0.25) is 0 Å². The highest BCUT2D eigenvalue weighted by atomic mass is 32.1. The van der Waals surface area contributed by atoms with Crippen molar-refractivity contribution in [2.24, 2.45) is 0 Å². The molecule has 0 amide bonds. The second-order valence-electron chi connectivity index (χ2n) is 7.95. The molecule has 1 unspecified atom stereocenters. The molecule has 4 aromatic rings. The van der Waals surface area contributed by atoms with Crippen LogP contribution in [0, 0.1) is 11.6 Å². The molecule has 0 spiro atoms. The molecule has 3 aromatic heterocycles. The van der Waals surface area contributed by atoms with Gasteiger partial charge in [0.25, 0.3) is 0 Å². The van der Waals surface area contributed by atoms with Crippen molar-refractivity contribution in [1.82, 2.24) is 24.9 Å². The number of thiazole rings is 1. The van der Waals surface area contributed by atoms with Crippen LogP contribution < -0.4 is 10.2 Å². The van der Waals surface area contributed by atoms with Gasteiger partial charge in [-0.25, -0.2) is 23.3 Å². The first-order valence-corrected chi connectivity index (χ1v) is 11.2. The van der Waals surface area contributed by atoms with Gasteiger partial charge in [0.2, 0.25) is 0 Å². The lowest BCUT2D eigenvalue weighted by atomic mass is 10.0. The molecule has 6 nitrogen and oxygen atoms in total. The molecule has 1 fully saturated rings. The second kappa shape index (κ2) is 7.35. The van der Waals surface area contributed by atoms with E-state index in [-0.39, 0.29) is 11.9 Å². The van der Waals surface area contributed by atoms with Gasteiger partial charge in [-0.15, -0.1) is 11.3 Å². The van der Waals surface area contributed by atoms with Gasteiger partial charge < -0.3 is 10.2 Å². The number of hydrogen-bond donors (Lipinski definition) is 1. The minimum atomic E-state index is -0.424. The molecule has 5 heterocycles. The highest BCUT2D eigenvalue weighted by Crippen LogP contribution is 2.38. The van der Waals surface area contributed by atoms with Crippen molar-refractivity contribution in [1.29, 1.82) is 0 Å². The van der Waals surface area contributed by atoms with Gasteiger partial charge in [0.1, 0.15) is 22.5 Å². The summed E-state index contributed by atoms with van der Waals surface area (Å²) < 4.78 is 30.0. The fourth-order valence-corrected chi connectivity index (χ4v) is 5.63. The average molecular weight is 439 g/mol. The summed E-state index contributed by atoms with van der Waals surface area (Å²) in [6.45, 7) is 2.50. The number of fused-ring (bicyclic) bond motifs is 2. The number of benzene rings is 1. The molecular weight excluding hydrogens is 418 g/mol. The van der Waals surface area contributed by atoms with Gasteiger partial charge >= 0.3 is 0 Å². The molecule has 1 atom stereocenters. The third-order valence-corrected chi connectivity index (χ3v) is 7.24. The smallest absolute Gasteiger partial charge is 0.167 e. The van der Waals surface area contributed by atoms with Crippen LogP contribution in [0.4, 0.5) is 14.6 Å². The fraction of sp³-hybridized carbons (Fsp3) is 0.318. The minimum absolute atomic E-state index is 0.240. The summed E-state index contributed by atoms with van der Waals surface area (Å²) in [5, 5.41) is 8.72.